The Balaban J connectivity index is 0.00000147. The molecule has 1 aromatic carbocycles. The molecule has 1 amide bonds. The molecule has 4 nitrogen and oxygen atoms in total. The molecular formula is C15H19ClN2O2. The summed E-state index contributed by atoms with van der Waals surface area (Å²) in [7, 11) is 0. The quantitative estimate of drug-likeness (QED) is 0.879. The summed E-state index contributed by atoms with van der Waals surface area (Å²) in [4.78, 5) is 14.4. The highest BCUT2D eigenvalue weighted by atomic mass is 35.5. The van der Waals surface area contributed by atoms with E-state index < -0.39 is 0 Å². The van der Waals surface area contributed by atoms with Gasteiger partial charge in [0.05, 0.1) is 0 Å². The lowest BCUT2D eigenvalue weighted by molar-refractivity contribution is 0.0586. The number of nitrogens with one attached hydrogen (secondary N) is 1. The van der Waals surface area contributed by atoms with Gasteiger partial charge in [0.1, 0.15) is 5.58 Å². The maximum Gasteiger partial charge on any atom is 0.289 e. The second-order valence-electron chi connectivity index (χ2n) is 5.26. The van der Waals surface area contributed by atoms with Crippen LogP contribution in [0.3, 0.4) is 0 Å². The van der Waals surface area contributed by atoms with E-state index in [0.717, 1.165) is 24.1 Å². The zero-order valence-electron chi connectivity index (χ0n) is 11.6. The SMILES string of the molecule is CC1CN(C(=O)c2cc3ccccc3o2)C(C)CN1.Cl. The number of fused-ring (bicyclic) bond motifs is 1. The van der Waals surface area contributed by atoms with Crippen molar-refractivity contribution >= 4 is 29.3 Å². The Morgan fingerprint density at radius 3 is 2.85 bits per heavy atom. The molecule has 1 fully saturated rings. The van der Waals surface area contributed by atoms with Gasteiger partial charge in [0.25, 0.3) is 5.91 Å². The summed E-state index contributed by atoms with van der Waals surface area (Å²) >= 11 is 0. The topological polar surface area (TPSA) is 45.5 Å². The highest BCUT2D eigenvalue weighted by molar-refractivity contribution is 5.96. The standard InChI is InChI=1S/C15H18N2O2.ClH/c1-10-9-17(11(2)8-16-10)15(18)14-7-12-5-3-4-6-13(12)19-14;/h3-7,10-11,16H,8-9H2,1-2H3;1H. The number of nitrogens with zero attached hydrogens (tertiary/aromatic N) is 1. The average molecular weight is 295 g/mol. The molecule has 1 N–H and O–H groups in total. The Morgan fingerprint density at radius 2 is 2.10 bits per heavy atom. The van der Waals surface area contributed by atoms with Crippen molar-refractivity contribution in [2.24, 2.45) is 0 Å². The van der Waals surface area contributed by atoms with Gasteiger partial charge in [0, 0.05) is 30.6 Å². The van der Waals surface area contributed by atoms with E-state index in [4.69, 9.17) is 4.42 Å². The molecule has 0 radical (unpaired) electrons. The number of rotatable bonds is 1. The maximum absolute atomic E-state index is 12.5. The van der Waals surface area contributed by atoms with E-state index >= 15 is 0 Å². The van der Waals surface area contributed by atoms with Crippen LogP contribution >= 0.6 is 12.4 Å². The molecule has 2 aromatic rings. The first kappa shape index (κ1) is 14.9. The Kier molecular flexibility index (Phi) is 4.35. The second-order valence-corrected chi connectivity index (χ2v) is 5.26. The number of halogens is 1. The van der Waals surface area contributed by atoms with Crippen LogP contribution in [0, 0.1) is 0 Å². The number of hydrogen-bond donors (Lipinski definition) is 1. The Hall–Kier alpha value is -1.52. The molecule has 0 bridgehead atoms. The van der Waals surface area contributed by atoms with Crippen LogP contribution in [0.5, 0.6) is 0 Å². The number of carbonyl (C=O) groups excluding carboxylic acids is 1. The molecule has 3 rings (SSSR count). The minimum Gasteiger partial charge on any atom is -0.451 e. The van der Waals surface area contributed by atoms with Crippen molar-refractivity contribution in [2.75, 3.05) is 13.1 Å². The summed E-state index contributed by atoms with van der Waals surface area (Å²) in [6, 6.07) is 10.0. The number of piperazine rings is 1. The molecule has 0 saturated carbocycles. The molecular weight excluding hydrogens is 276 g/mol. The number of para-hydroxylation sites is 1. The van der Waals surface area contributed by atoms with E-state index in [9.17, 15) is 4.79 Å². The van der Waals surface area contributed by atoms with Crippen molar-refractivity contribution in [1.82, 2.24) is 10.2 Å². The highest BCUT2D eigenvalue weighted by Crippen LogP contribution is 2.21. The summed E-state index contributed by atoms with van der Waals surface area (Å²) in [5.41, 5.74) is 0.765. The summed E-state index contributed by atoms with van der Waals surface area (Å²) in [5, 5.41) is 4.34. The maximum atomic E-state index is 12.5. The summed E-state index contributed by atoms with van der Waals surface area (Å²) in [6.45, 7) is 5.69. The lowest BCUT2D eigenvalue weighted by atomic mass is 10.1. The first-order valence-corrected chi connectivity index (χ1v) is 6.68. The summed E-state index contributed by atoms with van der Waals surface area (Å²) < 4.78 is 5.66. The van der Waals surface area contributed by atoms with Crippen molar-refractivity contribution in [3.63, 3.8) is 0 Å². The molecule has 1 aromatic heterocycles. The second kappa shape index (κ2) is 5.85. The lowest BCUT2D eigenvalue weighted by Crippen LogP contribution is -2.56. The smallest absolute Gasteiger partial charge is 0.289 e. The summed E-state index contributed by atoms with van der Waals surface area (Å²) in [5.74, 6) is 0.416. The molecule has 2 atom stereocenters. The predicted octanol–water partition coefficient (Wildman–Crippen LogP) is 2.68. The van der Waals surface area contributed by atoms with Crippen molar-refractivity contribution in [1.29, 1.82) is 0 Å². The van der Waals surface area contributed by atoms with Crippen molar-refractivity contribution in [3.05, 3.63) is 36.1 Å². The number of furan rings is 1. The van der Waals surface area contributed by atoms with Gasteiger partial charge in [-0.15, -0.1) is 12.4 Å². The van der Waals surface area contributed by atoms with Crippen LogP contribution in [0.25, 0.3) is 11.0 Å². The minimum absolute atomic E-state index is 0. The van der Waals surface area contributed by atoms with Crippen LogP contribution in [0.4, 0.5) is 0 Å². The van der Waals surface area contributed by atoms with Gasteiger partial charge in [0.15, 0.2) is 5.76 Å². The molecule has 108 valence electrons. The highest BCUT2D eigenvalue weighted by Gasteiger charge is 2.29. The Morgan fingerprint density at radius 1 is 1.35 bits per heavy atom. The van der Waals surface area contributed by atoms with E-state index in [1.165, 1.54) is 0 Å². The van der Waals surface area contributed by atoms with E-state index in [1.807, 2.05) is 35.2 Å². The molecule has 5 heteroatoms. The lowest BCUT2D eigenvalue weighted by Gasteiger charge is -2.37. The van der Waals surface area contributed by atoms with Gasteiger partial charge < -0.3 is 14.6 Å². The van der Waals surface area contributed by atoms with E-state index in [1.54, 1.807) is 0 Å². The molecule has 2 unspecified atom stereocenters. The number of amides is 1. The number of hydrogen-bond acceptors (Lipinski definition) is 3. The van der Waals surface area contributed by atoms with Gasteiger partial charge in [-0.2, -0.15) is 0 Å². The van der Waals surface area contributed by atoms with E-state index in [-0.39, 0.29) is 24.4 Å². The zero-order valence-corrected chi connectivity index (χ0v) is 12.4. The third-order valence-corrected chi connectivity index (χ3v) is 3.66. The Labute approximate surface area is 124 Å². The van der Waals surface area contributed by atoms with Crippen molar-refractivity contribution < 1.29 is 9.21 Å². The largest absolute Gasteiger partial charge is 0.451 e. The van der Waals surface area contributed by atoms with Gasteiger partial charge in [-0.3, -0.25) is 4.79 Å². The van der Waals surface area contributed by atoms with E-state index in [0.29, 0.717) is 11.8 Å². The van der Waals surface area contributed by atoms with Crippen LogP contribution in [0.1, 0.15) is 24.4 Å². The van der Waals surface area contributed by atoms with Gasteiger partial charge in [-0.25, -0.2) is 0 Å². The zero-order chi connectivity index (χ0) is 13.4. The average Bonchev–Trinajstić information content (AvgIpc) is 2.84. The predicted molar refractivity (Wildman–Crippen MR) is 81.4 cm³/mol. The molecule has 1 saturated heterocycles. The normalized spacial score (nSPS) is 22.6. The fourth-order valence-corrected chi connectivity index (χ4v) is 2.53. The molecule has 20 heavy (non-hydrogen) atoms. The van der Waals surface area contributed by atoms with Gasteiger partial charge in [-0.05, 0) is 26.0 Å². The van der Waals surface area contributed by atoms with Crippen LogP contribution in [0.2, 0.25) is 0 Å². The van der Waals surface area contributed by atoms with Gasteiger partial charge in [0.2, 0.25) is 0 Å². The molecule has 1 aliphatic heterocycles. The number of carbonyl (C=O) groups is 1. The van der Waals surface area contributed by atoms with Gasteiger partial charge in [-0.1, -0.05) is 18.2 Å². The van der Waals surface area contributed by atoms with Gasteiger partial charge >= 0.3 is 0 Å². The number of benzene rings is 1. The van der Waals surface area contributed by atoms with Crippen LogP contribution in [0.15, 0.2) is 34.7 Å². The van der Waals surface area contributed by atoms with Crippen molar-refractivity contribution in [2.45, 2.75) is 25.9 Å². The summed E-state index contributed by atoms with van der Waals surface area (Å²) in [6.07, 6.45) is 0. The third kappa shape index (κ3) is 2.67. The Bertz CT molecular complexity index is 578. The minimum atomic E-state index is -0.0166. The first-order chi connectivity index (χ1) is 9.15. The van der Waals surface area contributed by atoms with Crippen molar-refractivity contribution in [3.8, 4) is 0 Å². The fraction of sp³-hybridized carbons (Fsp3) is 0.400. The van der Waals surface area contributed by atoms with Crippen LogP contribution in [-0.4, -0.2) is 36.0 Å². The molecule has 0 spiro atoms. The molecule has 0 aliphatic carbocycles. The fourth-order valence-electron chi connectivity index (χ4n) is 2.53. The first-order valence-electron chi connectivity index (χ1n) is 6.68. The molecule has 1 aliphatic rings. The third-order valence-electron chi connectivity index (χ3n) is 3.66. The molecule has 2 heterocycles. The van der Waals surface area contributed by atoms with Crippen LogP contribution in [-0.2, 0) is 0 Å². The van der Waals surface area contributed by atoms with Crippen LogP contribution < -0.4 is 5.32 Å². The van der Waals surface area contributed by atoms with E-state index in [2.05, 4.69) is 19.2 Å². The monoisotopic (exact) mass is 294 g/mol.